The highest BCUT2D eigenvalue weighted by Gasteiger charge is 2.31. The van der Waals surface area contributed by atoms with Crippen LogP contribution in [-0.2, 0) is 25.7 Å². The second kappa shape index (κ2) is 12.0. The first-order valence-corrected chi connectivity index (χ1v) is 10.3. The predicted molar refractivity (Wildman–Crippen MR) is 111 cm³/mol. The van der Waals surface area contributed by atoms with Gasteiger partial charge in [0.15, 0.2) is 0 Å². The summed E-state index contributed by atoms with van der Waals surface area (Å²) in [6.45, 7) is 3.67. The van der Waals surface area contributed by atoms with E-state index in [4.69, 9.17) is 4.74 Å². The molecule has 1 aromatic rings. The van der Waals surface area contributed by atoms with Gasteiger partial charge in [-0.1, -0.05) is 44.2 Å². The zero-order valence-electron chi connectivity index (χ0n) is 17.8. The molecule has 10 heteroatoms. The van der Waals surface area contributed by atoms with Gasteiger partial charge in [-0.2, -0.15) is 0 Å². The maximum atomic E-state index is 12.6. The minimum atomic E-state index is -0.992. The van der Waals surface area contributed by atoms with Gasteiger partial charge < -0.3 is 15.4 Å². The lowest BCUT2D eigenvalue weighted by Gasteiger charge is -2.25. The molecule has 10 nitrogen and oxygen atoms in total. The van der Waals surface area contributed by atoms with Crippen molar-refractivity contribution in [1.82, 2.24) is 21.0 Å². The molecule has 1 aliphatic heterocycles. The van der Waals surface area contributed by atoms with Crippen LogP contribution in [0.4, 0.5) is 4.79 Å². The number of nitrogens with one attached hydrogen (secondary N) is 3. The minimum Gasteiger partial charge on any atom is -0.444 e. The van der Waals surface area contributed by atoms with E-state index < -0.39 is 30.5 Å². The van der Waals surface area contributed by atoms with E-state index in [-0.39, 0.29) is 36.0 Å². The molecule has 1 fully saturated rings. The Balaban J connectivity index is 1.84. The Morgan fingerprint density at radius 1 is 1.23 bits per heavy atom. The standard InChI is InChI=1S/C21H30N4O6/c1-14(2)11-17(23-19(27)16-9-6-10-22-16)20(28)25(30)12-18(26)24-21(29)31-13-15-7-4-3-5-8-15/h3-5,7-8,14,16-17,22,30H,6,9-13H2,1-2H3,(H,23,27)(H,24,26,29)/t16-,17-/m0/s1. The lowest BCUT2D eigenvalue weighted by Crippen LogP contribution is -2.53. The van der Waals surface area contributed by atoms with Crippen LogP contribution in [0.1, 0.15) is 38.7 Å². The largest absolute Gasteiger partial charge is 0.444 e. The van der Waals surface area contributed by atoms with Crippen LogP contribution in [0, 0.1) is 5.92 Å². The van der Waals surface area contributed by atoms with Gasteiger partial charge in [0.25, 0.3) is 11.8 Å². The summed E-state index contributed by atoms with van der Waals surface area (Å²) >= 11 is 0. The Labute approximate surface area is 181 Å². The van der Waals surface area contributed by atoms with E-state index in [0.29, 0.717) is 6.42 Å². The fourth-order valence-electron chi connectivity index (χ4n) is 3.18. The molecule has 0 aliphatic carbocycles. The highest BCUT2D eigenvalue weighted by Crippen LogP contribution is 2.10. The van der Waals surface area contributed by atoms with Crippen LogP contribution in [0.3, 0.4) is 0 Å². The van der Waals surface area contributed by atoms with Crippen molar-refractivity contribution in [2.24, 2.45) is 5.92 Å². The number of hydrogen-bond donors (Lipinski definition) is 4. The highest BCUT2D eigenvalue weighted by molar-refractivity contribution is 5.95. The molecule has 0 unspecified atom stereocenters. The quantitative estimate of drug-likeness (QED) is 0.335. The Kier molecular flexibility index (Phi) is 9.41. The predicted octanol–water partition coefficient (Wildman–Crippen LogP) is 0.940. The van der Waals surface area contributed by atoms with Crippen molar-refractivity contribution in [3.05, 3.63) is 35.9 Å². The third-order valence-electron chi connectivity index (χ3n) is 4.70. The second-order valence-corrected chi connectivity index (χ2v) is 7.85. The molecule has 0 aromatic heterocycles. The van der Waals surface area contributed by atoms with Crippen LogP contribution in [-0.4, -0.2) is 59.3 Å². The van der Waals surface area contributed by atoms with E-state index >= 15 is 0 Å². The fraction of sp³-hybridized carbons (Fsp3) is 0.524. The molecular weight excluding hydrogens is 404 g/mol. The normalized spacial score (nSPS) is 16.5. The molecule has 4 N–H and O–H groups in total. The van der Waals surface area contributed by atoms with Crippen molar-refractivity contribution >= 4 is 23.8 Å². The van der Waals surface area contributed by atoms with E-state index in [0.717, 1.165) is 18.5 Å². The summed E-state index contributed by atoms with van der Waals surface area (Å²) in [4.78, 5) is 48.7. The third kappa shape index (κ3) is 8.35. The molecule has 4 amide bonds. The third-order valence-corrected chi connectivity index (χ3v) is 4.70. The number of ether oxygens (including phenoxy) is 1. The number of imide groups is 1. The molecular formula is C21H30N4O6. The number of carbonyl (C=O) groups is 4. The molecule has 1 heterocycles. The van der Waals surface area contributed by atoms with Gasteiger partial charge in [0.2, 0.25) is 5.91 Å². The minimum absolute atomic E-state index is 0.0284. The van der Waals surface area contributed by atoms with Crippen molar-refractivity contribution in [1.29, 1.82) is 0 Å². The van der Waals surface area contributed by atoms with Gasteiger partial charge in [-0.05, 0) is 37.3 Å². The van der Waals surface area contributed by atoms with Crippen LogP contribution in [0.15, 0.2) is 30.3 Å². The monoisotopic (exact) mass is 434 g/mol. The summed E-state index contributed by atoms with van der Waals surface area (Å²) < 4.78 is 4.93. The first-order valence-electron chi connectivity index (χ1n) is 10.3. The number of benzene rings is 1. The van der Waals surface area contributed by atoms with Gasteiger partial charge in [-0.15, -0.1) is 0 Å². The Hall–Kier alpha value is -2.98. The number of hydroxylamine groups is 2. The summed E-state index contributed by atoms with van der Waals surface area (Å²) in [6, 6.07) is 7.54. The van der Waals surface area contributed by atoms with E-state index in [1.807, 2.05) is 25.2 Å². The molecule has 31 heavy (non-hydrogen) atoms. The molecule has 2 rings (SSSR count). The second-order valence-electron chi connectivity index (χ2n) is 7.85. The van der Waals surface area contributed by atoms with E-state index in [9.17, 15) is 24.4 Å². The number of hydrogen-bond acceptors (Lipinski definition) is 7. The fourth-order valence-corrected chi connectivity index (χ4v) is 3.18. The highest BCUT2D eigenvalue weighted by atomic mass is 16.5. The lowest BCUT2D eigenvalue weighted by molar-refractivity contribution is -0.171. The van der Waals surface area contributed by atoms with E-state index in [1.165, 1.54) is 0 Å². The van der Waals surface area contributed by atoms with Crippen molar-refractivity contribution < 1.29 is 29.1 Å². The van der Waals surface area contributed by atoms with Crippen molar-refractivity contribution in [3.8, 4) is 0 Å². The van der Waals surface area contributed by atoms with Crippen LogP contribution in [0.25, 0.3) is 0 Å². The van der Waals surface area contributed by atoms with Gasteiger partial charge >= 0.3 is 6.09 Å². The van der Waals surface area contributed by atoms with Gasteiger partial charge in [0.1, 0.15) is 19.2 Å². The van der Waals surface area contributed by atoms with Gasteiger partial charge in [-0.3, -0.25) is 24.9 Å². The Morgan fingerprint density at radius 3 is 2.55 bits per heavy atom. The summed E-state index contributed by atoms with van der Waals surface area (Å²) in [5, 5.41) is 17.9. The number of amides is 4. The number of rotatable bonds is 9. The van der Waals surface area contributed by atoms with Crippen molar-refractivity contribution in [2.75, 3.05) is 13.1 Å². The molecule has 0 spiro atoms. The summed E-state index contributed by atoms with van der Waals surface area (Å²) in [7, 11) is 0. The Bertz CT molecular complexity index is 764. The summed E-state index contributed by atoms with van der Waals surface area (Å²) in [6.07, 6.45) is 0.835. The number of nitrogens with zero attached hydrogens (tertiary/aromatic N) is 1. The van der Waals surface area contributed by atoms with Crippen molar-refractivity contribution in [3.63, 3.8) is 0 Å². The SMILES string of the molecule is CC(C)C[C@H](NC(=O)[C@@H]1CCCN1)C(=O)N(O)CC(=O)NC(=O)OCc1ccccc1. The summed E-state index contributed by atoms with van der Waals surface area (Å²) in [5.41, 5.74) is 0.744. The van der Waals surface area contributed by atoms with Gasteiger partial charge in [-0.25, -0.2) is 9.86 Å². The average Bonchev–Trinajstić information content (AvgIpc) is 3.26. The number of carbonyl (C=O) groups excluding carboxylic acids is 4. The molecule has 0 bridgehead atoms. The van der Waals surface area contributed by atoms with E-state index in [1.54, 1.807) is 24.3 Å². The Morgan fingerprint density at radius 2 is 1.94 bits per heavy atom. The number of alkyl carbamates (subject to hydrolysis) is 1. The smallest absolute Gasteiger partial charge is 0.414 e. The lowest BCUT2D eigenvalue weighted by atomic mass is 10.0. The molecule has 1 saturated heterocycles. The van der Waals surface area contributed by atoms with Gasteiger partial charge in [0.05, 0.1) is 6.04 Å². The topological polar surface area (TPSA) is 137 Å². The zero-order chi connectivity index (χ0) is 22.8. The van der Waals surface area contributed by atoms with Crippen LogP contribution in [0.5, 0.6) is 0 Å². The maximum Gasteiger partial charge on any atom is 0.414 e. The van der Waals surface area contributed by atoms with E-state index in [2.05, 4.69) is 10.6 Å². The molecule has 1 aliphatic rings. The molecule has 170 valence electrons. The maximum absolute atomic E-state index is 12.6. The average molecular weight is 434 g/mol. The molecule has 0 saturated carbocycles. The molecule has 2 atom stereocenters. The van der Waals surface area contributed by atoms with Crippen LogP contribution in [0.2, 0.25) is 0 Å². The van der Waals surface area contributed by atoms with Crippen LogP contribution < -0.4 is 16.0 Å². The molecule has 1 aromatic carbocycles. The first-order chi connectivity index (χ1) is 14.8. The molecule has 0 radical (unpaired) electrons. The summed E-state index contributed by atoms with van der Waals surface area (Å²) in [5.74, 6) is -2.01. The van der Waals surface area contributed by atoms with Gasteiger partial charge in [0, 0.05) is 0 Å². The first kappa shape index (κ1) is 24.3. The zero-order valence-corrected chi connectivity index (χ0v) is 17.8. The van der Waals surface area contributed by atoms with Crippen LogP contribution >= 0.6 is 0 Å². The van der Waals surface area contributed by atoms with Crippen molar-refractivity contribution in [2.45, 2.75) is 51.8 Å².